The number of hydrogen-bond acceptors (Lipinski definition) is 7. The van der Waals surface area contributed by atoms with Crippen LogP contribution in [0.3, 0.4) is 0 Å². The van der Waals surface area contributed by atoms with Crippen LogP contribution in [0.2, 0.25) is 0 Å². The molecule has 9 heteroatoms. The SMILES string of the molecule is COc1ccc(-c2noc(CCCC(=O)Nc3cccc([N+](=O)[O-])c3)n2)cc1. The number of benzene rings is 2. The summed E-state index contributed by atoms with van der Waals surface area (Å²) in [6.45, 7) is 0. The number of rotatable bonds is 8. The van der Waals surface area contributed by atoms with Crippen LogP contribution in [0.15, 0.2) is 53.1 Å². The van der Waals surface area contributed by atoms with Gasteiger partial charge in [0.15, 0.2) is 0 Å². The average Bonchev–Trinajstić information content (AvgIpc) is 3.17. The van der Waals surface area contributed by atoms with Crippen molar-refractivity contribution in [3.63, 3.8) is 0 Å². The summed E-state index contributed by atoms with van der Waals surface area (Å²) in [6.07, 6.45) is 1.18. The molecular formula is C19H18N4O5. The van der Waals surface area contributed by atoms with Crippen LogP contribution < -0.4 is 10.1 Å². The molecule has 0 saturated heterocycles. The molecule has 1 aromatic heterocycles. The number of ether oxygens (including phenoxy) is 1. The number of nitro groups is 1. The Balaban J connectivity index is 1.49. The summed E-state index contributed by atoms with van der Waals surface area (Å²) in [5.74, 6) is 1.41. The minimum atomic E-state index is -0.508. The Bertz CT molecular complexity index is 968. The fourth-order valence-electron chi connectivity index (χ4n) is 2.53. The van der Waals surface area contributed by atoms with E-state index in [2.05, 4.69) is 15.5 Å². The van der Waals surface area contributed by atoms with Crippen LogP contribution in [0.4, 0.5) is 11.4 Å². The molecule has 0 saturated carbocycles. The fourth-order valence-corrected chi connectivity index (χ4v) is 2.53. The molecule has 9 nitrogen and oxygen atoms in total. The molecule has 3 aromatic rings. The molecule has 3 rings (SSSR count). The van der Waals surface area contributed by atoms with Crippen molar-refractivity contribution in [1.29, 1.82) is 0 Å². The Morgan fingerprint density at radius 2 is 2.04 bits per heavy atom. The van der Waals surface area contributed by atoms with E-state index in [0.29, 0.717) is 30.2 Å². The number of nitrogens with zero attached hydrogens (tertiary/aromatic N) is 3. The Morgan fingerprint density at radius 1 is 1.25 bits per heavy atom. The third kappa shape index (κ3) is 4.91. The number of amides is 1. The number of aryl methyl sites for hydroxylation is 1. The number of methoxy groups -OCH3 is 1. The first kappa shape index (κ1) is 19.0. The molecule has 2 aromatic carbocycles. The maximum Gasteiger partial charge on any atom is 0.271 e. The van der Waals surface area contributed by atoms with Gasteiger partial charge in [-0.15, -0.1) is 0 Å². The van der Waals surface area contributed by atoms with E-state index in [-0.39, 0.29) is 18.0 Å². The number of carbonyl (C=O) groups excluding carboxylic acids is 1. The van der Waals surface area contributed by atoms with Crippen molar-refractivity contribution in [2.75, 3.05) is 12.4 Å². The second-order valence-electron chi connectivity index (χ2n) is 5.95. The van der Waals surface area contributed by atoms with E-state index >= 15 is 0 Å². The summed E-state index contributed by atoms with van der Waals surface area (Å²) in [5.41, 5.74) is 1.12. The summed E-state index contributed by atoms with van der Waals surface area (Å²) >= 11 is 0. The van der Waals surface area contributed by atoms with Gasteiger partial charge in [-0.1, -0.05) is 11.2 Å². The first-order chi connectivity index (χ1) is 13.5. The molecule has 0 bridgehead atoms. The van der Waals surface area contributed by atoms with Gasteiger partial charge in [-0.2, -0.15) is 4.98 Å². The molecule has 0 aliphatic heterocycles. The molecule has 0 aliphatic rings. The second kappa shape index (κ2) is 8.76. The maximum atomic E-state index is 12.0. The zero-order valence-electron chi connectivity index (χ0n) is 15.1. The highest BCUT2D eigenvalue weighted by atomic mass is 16.6. The number of nitrogens with one attached hydrogen (secondary N) is 1. The molecule has 1 amide bonds. The highest BCUT2D eigenvalue weighted by Crippen LogP contribution is 2.20. The van der Waals surface area contributed by atoms with Gasteiger partial charge in [0.05, 0.1) is 12.0 Å². The van der Waals surface area contributed by atoms with Crippen LogP contribution in [0, 0.1) is 10.1 Å². The van der Waals surface area contributed by atoms with Gasteiger partial charge in [-0.05, 0) is 36.8 Å². The van der Waals surface area contributed by atoms with Gasteiger partial charge >= 0.3 is 0 Å². The lowest BCUT2D eigenvalue weighted by Crippen LogP contribution is -2.11. The van der Waals surface area contributed by atoms with Gasteiger partial charge in [0, 0.05) is 36.2 Å². The molecule has 0 spiro atoms. The van der Waals surface area contributed by atoms with E-state index in [9.17, 15) is 14.9 Å². The third-order valence-electron chi connectivity index (χ3n) is 3.95. The Labute approximate surface area is 160 Å². The molecule has 0 atom stereocenters. The number of anilines is 1. The van der Waals surface area contributed by atoms with Crippen molar-refractivity contribution >= 4 is 17.3 Å². The fraction of sp³-hybridized carbons (Fsp3) is 0.211. The quantitative estimate of drug-likeness (QED) is 0.466. The van der Waals surface area contributed by atoms with Gasteiger partial charge in [0.1, 0.15) is 5.75 Å². The van der Waals surface area contributed by atoms with Crippen molar-refractivity contribution in [3.8, 4) is 17.1 Å². The van der Waals surface area contributed by atoms with Crippen LogP contribution in [-0.2, 0) is 11.2 Å². The van der Waals surface area contributed by atoms with E-state index in [1.165, 1.54) is 18.2 Å². The molecule has 0 aliphatic carbocycles. The minimum Gasteiger partial charge on any atom is -0.497 e. The largest absolute Gasteiger partial charge is 0.497 e. The van der Waals surface area contributed by atoms with Crippen LogP contribution in [0.5, 0.6) is 5.75 Å². The summed E-state index contributed by atoms with van der Waals surface area (Å²) in [7, 11) is 1.59. The zero-order chi connectivity index (χ0) is 19.9. The highest BCUT2D eigenvalue weighted by molar-refractivity contribution is 5.90. The van der Waals surface area contributed by atoms with Crippen molar-refractivity contribution in [2.24, 2.45) is 0 Å². The number of nitro benzene ring substituents is 1. The molecule has 28 heavy (non-hydrogen) atoms. The molecular weight excluding hydrogens is 364 g/mol. The van der Waals surface area contributed by atoms with Crippen LogP contribution in [0.25, 0.3) is 11.4 Å². The molecule has 1 heterocycles. The van der Waals surface area contributed by atoms with Crippen molar-refractivity contribution in [3.05, 3.63) is 64.5 Å². The first-order valence-corrected chi connectivity index (χ1v) is 8.56. The van der Waals surface area contributed by atoms with E-state index in [0.717, 1.165) is 11.3 Å². The minimum absolute atomic E-state index is 0.0743. The lowest BCUT2D eigenvalue weighted by Gasteiger charge is -2.04. The highest BCUT2D eigenvalue weighted by Gasteiger charge is 2.11. The molecule has 1 N–H and O–H groups in total. The van der Waals surface area contributed by atoms with Crippen LogP contribution >= 0.6 is 0 Å². The predicted octanol–water partition coefficient (Wildman–Crippen LogP) is 3.61. The van der Waals surface area contributed by atoms with E-state index in [4.69, 9.17) is 9.26 Å². The third-order valence-corrected chi connectivity index (χ3v) is 3.95. The molecule has 0 radical (unpaired) electrons. The van der Waals surface area contributed by atoms with Crippen molar-refractivity contribution in [1.82, 2.24) is 10.1 Å². The van der Waals surface area contributed by atoms with Gasteiger partial charge in [0.25, 0.3) is 5.69 Å². The zero-order valence-corrected chi connectivity index (χ0v) is 15.1. The van der Waals surface area contributed by atoms with E-state index in [1.54, 1.807) is 13.2 Å². The van der Waals surface area contributed by atoms with E-state index < -0.39 is 4.92 Å². The van der Waals surface area contributed by atoms with Gasteiger partial charge in [-0.25, -0.2) is 0 Å². The number of aromatic nitrogens is 2. The standard InChI is InChI=1S/C19H18N4O5/c1-27-16-10-8-13(9-11-16)19-21-18(28-22-19)7-3-6-17(24)20-14-4-2-5-15(12-14)23(25)26/h2,4-5,8-12H,3,6-7H2,1H3,(H,20,24). The topological polar surface area (TPSA) is 120 Å². The second-order valence-corrected chi connectivity index (χ2v) is 5.95. The average molecular weight is 382 g/mol. The maximum absolute atomic E-state index is 12.0. The Kier molecular flexibility index (Phi) is 5.95. The summed E-state index contributed by atoms with van der Waals surface area (Å²) in [4.78, 5) is 26.6. The summed E-state index contributed by atoms with van der Waals surface area (Å²) < 4.78 is 10.3. The normalized spacial score (nSPS) is 10.5. The summed E-state index contributed by atoms with van der Waals surface area (Å²) in [6, 6.07) is 13.1. The van der Waals surface area contributed by atoms with Crippen molar-refractivity contribution in [2.45, 2.75) is 19.3 Å². The Hall–Kier alpha value is -3.75. The summed E-state index contributed by atoms with van der Waals surface area (Å²) in [5, 5.41) is 17.4. The van der Waals surface area contributed by atoms with Crippen LogP contribution in [-0.4, -0.2) is 28.1 Å². The molecule has 0 fully saturated rings. The number of carbonyl (C=O) groups is 1. The van der Waals surface area contributed by atoms with Gasteiger partial charge in [-0.3, -0.25) is 14.9 Å². The number of hydrogen-bond donors (Lipinski definition) is 1. The van der Waals surface area contributed by atoms with E-state index in [1.807, 2.05) is 24.3 Å². The lowest BCUT2D eigenvalue weighted by molar-refractivity contribution is -0.384. The number of non-ortho nitro benzene ring substituents is 1. The predicted molar refractivity (Wildman–Crippen MR) is 101 cm³/mol. The molecule has 0 unspecified atom stereocenters. The lowest BCUT2D eigenvalue weighted by atomic mass is 10.2. The van der Waals surface area contributed by atoms with Gasteiger partial charge in [0.2, 0.25) is 17.6 Å². The van der Waals surface area contributed by atoms with Crippen LogP contribution in [0.1, 0.15) is 18.7 Å². The van der Waals surface area contributed by atoms with Crippen molar-refractivity contribution < 1.29 is 19.0 Å². The smallest absolute Gasteiger partial charge is 0.271 e. The van der Waals surface area contributed by atoms with Gasteiger partial charge < -0.3 is 14.6 Å². The Morgan fingerprint density at radius 3 is 2.75 bits per heavy atom. The monoisotopic (exact) mass is 382 g/mol. The molecule has 144 valence electrons. The first-order valence-electron chi connectivity index (χ1n) is 8.56.